The van der Waals surface area contributed by atoms with E-state index in [1.165, 1.54) is 12.1 Å². The molecule has 3 rings (SSSR count). The van der Waals surface area contributed by atoms with Crippen LogP contribution in [-0.4, -0.2) is 23.5 Å². The fraction of sp³-hybridized carbons (Fsp3) is 0.0667. The maximum absolute atomic E-state index is 13.0. The molecule has 0 radical (unpaired) electrons. The van der Waals surface area contributed by atoms with Gasteiger partial charge in [-0.05, 0) is 29.8 Å². The lowest BCUT2D eigenvalue weighted by atomic mass is 10.1. The molecule has 0 atom stereocenters. The zero-order valence-corrected chi connectivity index (χ0v) is 12.7. The summed E-state index contributed by atoms with van der Waals surface area (Å²) in [7, 11) is -5.84. The summed E-state index contributed by atoms with van der Waals surface area (Å²) in [6.45, 7) is 0. The Labute approximate surface area is 134 Å². The second kappa shape index (κ2) is 6.62. The molecule has 0 saturated heterocycles. The van der Waals surface area contributed by atoms with Crippen molar-refractivity contribution in [3.8, 4) is 11.3 Å². The van der Waals surface area contributed by atoms with Crippen LogP contribution in [-0.2, 0) is 10.1 Å². The summed E-state index contributed by atoms with van der Waals surface area (Å²) in [6, 6.07) is 16.8. The molecule has 2 N–H and O–H groups in total. The van der Waals surface area contributed by atoms with E-state index in [0.717, 1.165) is 22.2 Å². The molecule has 0 amide bonds. The van der Waals surface area contributed by atoms with Crippen LogP contribution in [0, 0.1) is 5.82 Å². The molecule has 0 aliphatic carbocycles. The number of nitrogens with one attached hydrogen (secondary N) is 1. The lowest BCUT2D eigenvalue weighted by Gasteiger charge is -1.97. The van der Waals surface area contributed by atoms with Gasteiger partial charge in [0, 0.05) is 16.6 Å². The van der Waals surface area contributed by atoms with Crippen molar-refractivity contribution in [2.45, 2.75) is 5.51 Å². The number of rotatable bonds is 1. The van der Waals surface area contributed by atoms with Gasteiger partial charge in [0.1, 0.15) is 5.82 Å². The topological polar surface area (TPSA) is 70.2 Å². The highest BCUT2D eigenvalue weighted by Crippen LogP contribution is 2.24. The van der Waals surface area contributed by atoms with Crippen LogP contribution >= 0.6 is 0 Å². The van der Waals surface area contributed by atoms with Crippen molar-refractivity contribution in [2.75, 3.05) is 0 Å². The molecule has 3 aromatic rings. The molecule has 0 saturated carbocycles. The molecule has 1 aromatic heterocycles. The summed E-state index contributed by atoms with van der Waals surface area (Å²) < 4.78 is 70.6. The Balaban J connectivity index is 0.000000224. The lowest BCUT2D eigenvalue weighted by Crippen LogP contribution is -2.21. The van der Waals surface area contributed by atoms with Gasteiger partial charge in [-0.15, -0.1) is 0 Å². The minimum absolute atomic E-state index is 0.214. The lowest BCUT2D eigenvalue weighted by molar-refractivity contribution is -0.0510. The highest BCUT2D eigenvalue weighted by molar-refractivity contribution is 7.86. The largest absolute Gasteiger partial charge is 0.522 e. The van der Waals surface area contributed by atoms with Crippen LogP contribution in [0.3, 0.4) is 0 Å². The minimum Gasteiger partial charge on any atom is -0.354 e. The van der Waals surface area contributed by atoms with Crippen molar-refractivity contribution < 1.29 is 30.5 Å². The minimum atomic E-state index is -5.84. The van der Waals surface area contributed by atoms with Gasteiger partial charge in [-0.1, -0.05) is 30.3 Å². The van der Waals surface area contributed by atoms with E-state index in [9.17, 15) is 17.6 Å². The van der Waals surface area contributed by atoms with Crippen LogP contribution in [0.15, 0.2) is 54.6 Å². The van der Waals surface area contributed by atoms with Gasteiger partial charge >= 0.3 is 15.6 Å². The average Bonchev–Trinajstić information content (AvgIpc) is 2.90. The predicted molar refractivity (Wildman–Crippen MR) is 81.3 cm³/mol. The highest BCUT2D eigenvalue weighted by atomic mass is 32.2. The normalized spacial score (nSPS) is 11.9. The number of aromatic amines is 1. The summed E-state index contributed by atoms with van der Waals surface area (Å²) in [5.74, 6) is -0.214. The first-order chi connectivity index (χ1) is 11.1. The summed E-state index contributed by atoms with van der Waals surface area (Å²) in [6.07, 6.45) is 0. The SMILES string of the molecule is Fc1ccc2cc(-c3ccccc3)[nH]c2c1.O=S(=O)(O)C(F)(F)F. The Morgan fingerprint density at radius 1 is 0.958 bits per heavy atom. The third-order valence-corrected chi connectivity index (χ3v) is 3.55. The Morgan fingerprint density at radius 2 is 1.54 bits per heavy atom. The van der Waals surface area contributed by atoms with E-state index in [2.05, 4.69) is 4.98 Å². The molecule has 0 fully saturated rings. The number of fused-ring (bicyclic) bond motifs is 1. The molecular formula is C15H11F4NO3S. The Kier molecular flexibility index (Phi) is 4.95. The fourth-order valence-corrected chi connectivity index (χ4v) is 1.87. The molecule has 0 aliphatic heterocycles. The molecule has 0 spiro atoms. The zero-order valence-electron chi connectivity index (χ0n) is 11.9. The van der Waals surface area contributed by atoms with Gasteiger partial charge in [-0.2, -0.15) is 21.6 Å². The zero-order chi connectivity index (χ0) is 18.0. The van der Waals surface area contributed by atoms with E-state index in [0.29, 0.717) is 0 Å². The summed E-state index contributed by atoms with van der Waals surface area (Å²) in [5, 5.41) is 1.03. The standard InChI is InChI=1S/C14H10FN.CHF3O3S/c15-12-7-6-11-8-13(16-14(11)9-12)10-4-2-1-3-5-10;2-1(3,4)8(5,6)7/h1-9,16H;(H,5,6,7). The third kappa shape index (κ3) is 4.33. The van der Waals surface area contributed by atoms with E-state index in [1.54, 1.807) is 6.07 Å². The van der Waals surface area contributed by atoms with Crippen LogP contribution in [0.2, 0.25) is 0 Å². The van der Waals surface area contributed by atoms with Gasteiger partial charge in [0.15, 0.2) is 0 Å². The summed E-state index contributed by atoms with van der Waals surface area (Å²) in [5.41, 5.74) is -2.58. The molecular weight excluding hydrogens is 350 g/mol. The van der Waals surface area contributed by atoms with E-state index in [4.69, 9.17) is 13.0 Å². The van der Waals surface area contributed by atoms with Crippen LogP contribution in [0.5, 0.6) is 0 Å². The first kappa shape index (κ1) is 18.0. The first-order valence-electron chi connectivity index (χ1n) is 6.45. The Bertz CT molecular complexity index is 934. The number of alkyl halides is 3. The summed E-state index contributed by atoms with van der Waals surface area (Å²) in [4.78, 5) is 3.21. The van der Waals surface area contributed by atoms with Crippen LogP contribution in [0.1, 0.15) is 0 Å². The molecule has 4 nitrogen and oxygen atoms in total. The van der Waals surface area contributed by atoms with E-state index in [-0.39, 0.29) is 5.82 Å². The Hall–Kier alpha value is -2.39. The van der Waals surface area contributed by atoms with Gasteiger partial charge < -0.3 is 4.98 Å². The Morgan fingerprint density at radius 3 is 2.08 bits per heavy atom. The van der Waals surface area contributed by atoms with Crippen LogP contribution < -0.4 is 0 Å². The molecule has 2 aromatic carbocycles. The quantitative estimate of drug-likeness (QED) is 0.384. The van der Waals surface area contributed by atoms with Crippen molar-refractivity contribution in [3.05, 3.63) is 60.4 Å². The maximum atomic E-state index is 13.0. The van der Waals surface area contributed by atoms with Crippen molar-refractivity contribution in [1.29, 1.82) is 0 Å². The summed E-state index contributed by atoms with van der Waals surface area (Å²) >= 11 is 0. The van der Waals surface area contributed by atoms with Crippen molar-refractivity contribution >= 4 is 21.0 Å². The number of benzene rings is 2. The molecule has 0 unspecified atom stereocenters. The molecule has 0 aliphatic rings. The second-order valence-corrected chi connectivity index (χ2v) is 6.11. The van der Waals surface area contributed by atoms with Gasteiger partial charge in [-0.25, -0.2) is 4.39 Å². The maximum Gasteiger partial charge on any atom is 0.522 e. The molecule has 24 heavy (non-hydrogen) atoms. The van der Waals surface area contributed by atoms with E-state index in [1.807, 2.05) is 36.4 Å². The van der Waals surface area contributed by atoms with Gasteiger partial charge in [0.2, 0.25) is 0 Å². The van der Waals surface area contributed by atoms with E-state index < -0.39 is 15.6 Å². The number of H-pyrrole nitrogens is 1. The van der Waals surface area contributed by atoms with Crippen molar-refractivity contribution in [3.63, 3.8) is 0 Å². The predicted octanol–water partition coefficient (Wildman–Crippen LogP) is 4.37. The van der Waals surface area contributed by atoms with Crippen molar-refractivity contribution in [1.82, 2.24) is 4.98 Å². The third-order valence-electron chi connectivity index (χ3n) is 2.96. The smallest absolute Gasteiger partial charge is 0.354 e. The fourth-order valence-electron chi connectivity index (χ4n) is 1.87. The molecule has 9 heteroatoms. The van der Waals surface area contributed by atoms with Crippen molar-refractivity contribution in [2.24, 2.45) is 0 Å². The molecule has 128 valence electrons. The number of aromatic nitrogens is 1. The number of hydrogen-bond acceptors (Lipinski definition) is 2. The van der Waals surface area contributed by atoms with Crippen LogP contribution in [0.25, 0.3) is 22.2 Å². The first-order valence-corrected chi connectivity index (χ1v) is 7.89. The van der Waals surface area contributed by atoms with Gasteiger partial charge in [0.25, 0.3) is 0 Å². The monoisotopic (exact) mass is 361 g/mol. The van der Waals surface area contributed by atoms with Gasteiger partial charge in [0.05, 0.1) is 0 Å². The average molecular weight is 361 g/mol. The highest BCUT2D eigenvalue weighted by Gasteiger charge is 2.44. The molecule has 1 heterocycles. The van der Waals surface area contributed by atoms with Gasteiger partial charge in [-0.3, -0.25) is 4.55 Å². The van der Waals surface area contributed by atoms with E-state index >= 15 is 0 Å². The van der Waals surface area contributed by atoms with Crippen LogP contribution in [0.4, 0.5) is 17.6 Å². The molecule has 0 bridgehead atoms. The second-order valence-electron chi connectivity index (χ2n) is 4.70. The number of halogens is 4. The number of hydrogen-bond donors (Lipinski definition) is 2.